The van der Waals surface area contributed by atoms with Gasteiger partial charge in [0.15, 0.2) is 11.8 Å². The first-order valence-corrected chi connectivity index (χ1v) is 9.44. The van der Waals surface area contributed by atoms with Crippen molar-refractivity contribution in [2.45, 2.75) is 6.92 Å². The Balaban J connectivity index is 1.93. The van der Waals surface area contributed by atoms with Crippen molar-refractivity contribution in [3.8, 4) is 11.3 Å². The van der Waals surface area contributed by atoms with Gasteiger partial charge in [0.1, 0.15) is 12.6 Å². The Bertz CT molecular complexity index is 1530. The average Bonchev–Trinajstić information content (AvgIpc) is 3.25. The number of hydrogen-bond acceptors (Lipinski definition) is 2. The van der Waals surface area contributed by atoms with Gasteiger partial charge in [0, 0.05) is 22.9 Å². The minimum Gasteiger partial charge on any atom is -0.425 e. The van der Waals surface area contributed by atoms with Crippen molar-refractivity contribution in [3.63, 3.8) is 0 Å². The second-order valence-corrected chi connectivity index (χ2v) is 7.31. The maximum Gasteiger partial charge on any atom is 0.299 e. The third-order valence-corrected chi connectivity index (χ3v) is 5.75. The predicted molar refractivity (Wildman–Crippen MR) is 112 cm³/mol. The summed E-state index contributed by atoms with van der Waals surface area (Å²) in [6, 6.07) is 22.9. The van der Waals surface area contributed by atoms with Crippen LogP contribution in [0.3, 0.4) is 0 Å². The van der Waals surface area contributed by atoms with E-state index in [0.29, 0.717) is 5.78 Å². The minimum absolute atomic E-state index is 0.590. The Morgan fingerprint density at radius 1 is 0.714 bits per heavy atom. The van der Waals surface area contributed by atoms with Crippen LogP contribution in [-0.4, -0.2) is 0 Å². The number of fused-ring (bicyclic) bond motifs is 7. The van der Waals surface area contributed by atoms with Crippen molar-refractivity contribution >= 4 is 43.9 Å². The Morgan fingerprint density at radius 3 is 2.25 bits per heavy atom. The van der Waals surface area contributed by atoms with Crippen molar-refractivity contribution in [2.24, 2.45) is 7.05 Å². The van der Waals surface area contributed by atoms with Crippen LogP contribution < -0.4 is 4.57 Å². The van der Waals surface area contributed by atoms with Crippen LogP contribution in [0.5, 0.6) is 0 Å². The molecule has 0 amide bonds. The first-order valence-electron chi connectivity index (χ1n) is 9.44. The van der Waals surface area contributed by atoms with Crippen molar-refractivity contribution in [2.75, 3.05) is 0 Å². The molecular formula is C25H18NO2+. The molecule has 0 saturated carbocycles. The van der Waals surface area contributed by atoms with Gasteiger partial charge in [-0.3, -0.25) is 0 Å². The minimum atomic E-state index is 0.590. The summed E-state index contributed by atoms with van der Waals surface area (Å²) in [5, 5.41) is 5.71. The molecule has 0 saturated heterocycles. The number of aryl methyl sites for hydroxylation is 2. The van der Waals surface area contributed by atoms with Gasteiger partial charge in [-0.2, -0.15) is 0 Å². The Morgan fingerprint density at radius 2 is 1.43 bits per heavy atom. The number of aromatic nitrogens is 1. The molecule has 134 valence electrons. The maximum atomic E-state index is 6.39. The molecule has 0 atom stereocenters. The van der Waals surface area contributed by atoms with Crippen LogP contribution in [0.25, 0.3) is 55.1 Å². The molecule has 0 N–H and O–H groups in total. The smallest absolute Gasteiger partial charge is 0.299 e. The zero-order chi connectivity index (χ0) is 18.8. The summed E-state index contributed by atoms with van der Waals surface area (Å²) in [6.07, 6.45) is 2.07. The van der Waals surface area contributed by atoms with E-state index in [1.807, 2.05) is 24.3 Å². The van der Waals surface area contributed by atoms with E-state index in [1.165, 1.54) is 16.3 Å². The molecule has 28 heavy (non-hydrogen) atoms. The fraction of sp³-hybridized carbons (Fsp3) is 0.0800. The van der Waals surface area contributed by atoms with Crippen LogP contribution in [-0.2, 0) is 7.05 Å². The molecule has 6 aromatic rings. The summed E-state index contributed by atoms with van der Waals surface area (Å²) in [6.45, 7) is 2.17. The highest BCUT2D eigenvalue weighted by molar-refractivity contribution is 6.28. The van der Waals surface area contributed by atoms with Crippen LogP contribution in [0, 0.1) is 6.92 Å². The van der Waals surface area contributed by atoms with E-state index in [1.54, 1.807) is 0 Å². The van der Waals surface area contributed by atoms with Crippen LogP contribution in [0.15, 0.2) is 81.8 Å². The monoisotopic (exact) mass is 364 g/mol. The summed E-state index contributed by atoms with van der Waals surface area (Å²) < 4.78 is 14.6. The molecule has 0 spiro atoms. The second-order valence-electron chi connectivity index (χ2n) is 7.31. The molecule has 3 aromatic carbocycles. The van der Waals surface area contributed by atoms with E-state index in [9.17, 15) is 0 Å². The van der Waals surface area contributed by atoms with Crippen molar-refractivity contribution in [3.05, 3.63) is 78.5 Å². The van der Waals surface area contributed by atoms with E-state index >= 15 is 0 Å². The third-order valence-electron chi connectivity index (χ3n) is 5.75. The molecule has 0 aliphatic rings. The van der Waals surface area contributed by atoms with Gasteiger partial charge in [0.2, 0.25) is 5.69 Å². The van der Waals surface area contributed by atoms with E-state index in [2.05, 4.69) is 67.2 Å². The number of pyridine rings is 1. The molecule has 0 aliphatic carbocycles. The molecule has 3 heteroatoms. The highest BCUT2D eigenvalue weighted by atomic mass is 16.5. The van der Waals surface area contributed by atoms with Crippen LogP contribution >= 0.6 is 0 Å². The lowest BCUT2D eigenvalue weighted by Crippen LogP contribution is -2.30. The highest BCUT2D eigenvalue weighted by Crippen LogP contribution is 2.45. The summed E-state index contributed by atoms with van der Waals surface area (Å²) in [4.78, 5) is 0. The summed E-state index contributed by atoms with van der Waals surface area (Å²) in [7, 11) is 2.07. The molecule has 0 fully saturated rings. The number of nitrogens with zero attached hydrogens (tertiary/aromatic N) is 1. The number of hydrogen-bond donors (Lipinski definition) is 0. The number of para-hydroxylation sites is 1. The fourth-order valence-corrected chi connectivity index (χ4v) is 4.45. The van der Waals surface area contributed by atoms with E-state index in [0.717, 1.165) is 38.6 Å². The van der Waals surface area contributed by atoms with Crippen molar-refractivity contribution < 1.29 is 13.4 Å². The lowest BCUT2D eigenvalue weighted by molar-refractivity contribution is -0.660. The van der Waals surface area contributed by atoms with Crippen molar-refractivity contribution in [1.82, 2.24) is 0 Å². The fourth-order valence-electron chi connectivity index (χ4n) is 4.45. The van der Waals surface area contributed by atoms with Gasteiger partial charge in [-0.15, -0.1) is 0 Å². The SMILES string of the molecule is Cc1c(-c2cccc[n+]2C)c2oc3oc4ccccc4c3c2c2ccccc12. The quantitative estimate of drug-likeness (QED) is 0.321. The van der Waals surface area contributed by atoms with Crippen LogP contribution in [0.4, 0.5) is 0 Å². The molecule has 0 bridgehead atoms. The normalized spacial score (nSPS) is 11.9. The van der Waals surface area contributed by atoms with Crippen molar-refractivity contribution in [1.29, 1.82) is 0 Å². The molecule has 3 heterocycles. The predicted octanol–water partition coefficient (Wildman–Crippen LogP) is 6.29. The molecule has 6 rings (SSSR count). The van der Waals surface area contributed by atoms with E-state index in [4.69, 9.17) is 8.83 Å². The standard InChI is InChI=1S/C25H18NO2/c1-15-16-9-3-4-10-17(16)22-23-18-11-5-6-13-20(18)27-25(23)28-24(22)21(15)19-12-7-8-14-26(19)2/h3-14H,1-2H3/q+1. The van der Waals surface area contributed by atoms with Gasteiger partial charge < -0.3 is 8.83 Å². The topological polar surface area (TPSA) is 30.2 Å². The molecule has 0 aliphatic heterocycles. The van der Waals surface area contributed by atoms with Gasteiger partial charge >= 0.3 is 0 Å². The Hall–Kier alpha value is -3.59. The first-order chi connectivity index (χ1) is 13.7. The zero-order valence-corrected chi connectivity index (χ0v) is 15.7. The van der Waals surface area contributed by atoms with Gasteiger partial charge in [-0.1, -0.05) is 42.5 Å². The summed E-state index contributed by atoms with van der Waals surface area (Å²) in [5.74, 6) is 0.590. The highest BCUT2D eigenvalue weighted by Gasteiger charge is 2.26. The van der Waals surface area contributed by atoms with Crippen LogP contribution in [0.1, 0.15) is 5.56 Å². The Kier molecular flexibility index (Phi) is 3.01. The number of rotatable bonds is 1. The lowest BCUT2D eigenvalue weighted by Gasteiger charge is -2.10. The third kappa shape index (κ3) is 1.91. The lowest BCUT2D eigenvalue weighted by atomic mass is 9.93. The molecule has 0 unspecified atom stereocenters. The number of benzene rings is 3. The van der Waals surface area contributed by atoms with E-state index < -0.39 is 0 Å². The molecular weight excluding hydrogens is 346 g/mol. The molecule has 3 nitrogen and oxygen atoms in total. The maximum absolute atomic E-state index is 6.39. The van der Waals surface area contributed by atoms with E-state index in [-0.39, 0.29) is 0 Å². The largest absolute Gasteiger partial charge is 0.425 e. The second kappa shape index (κ2) is 5.46. The average molecular weight is 364 g/mol. The van der Waals surface area contributed by atoms with Gasteiger partial charge in [-0.25, -0.2) is 4.57 Å². The summed E-state index contributed by atoms with van der Waals surface area (Å²) >= 11 is 0. The molecule has 3 aromatic heterocycles. The van der Waals surface area contributed by atoms with Gasteiger partial charge in [-0.05, 0) is 35.4 Å². The number of furan rings is 2. The first kappa shape index (κ1) is 15.5. The molecule has 0 radical (unpaired) electrons. The summed E-state index contributed by atoms with van der Waals surface area (Å²) in [5.41, 5.74) is 5.20. The van der Waals surface area contributed by atoms with Crippen LogP contribution in [0.2, 0.25) is 0 Å². The zero-order valence-electron chi connectivity index (χ0n) is 15.7. The van der Waals surface area contributed by atoms with Gasteiger partial charge in [0.05, 0.1) is 10.9 Å². The Labute approximate surface area is 161 Å². The van der Waals surface area contributed by atoms with Gasteiger partial charge in [0.25, 0.3) is 5.78 Å².